The van der Waals surface area contributed by atoms with E-state index < -0.39 is 0 Å². The SMILES string of the molecule is CC(CN1CCN(CCO)CC1)C(=O)NN. The minimum absolute atomic E-state index is 0.0746. The largest absolute Gasteiger partial charge is 0.395 e. The number of piperazine rings is 1. The number of nitrogens with zero attached hydrogens (tertiary/aromatic N) is 2. The third kappa shape index (κ3) is 4.05. The maximum Gasteiger partial charge on any atom is 0.237 e. The zero-order valence-corrected chi connectivity index (χ0v) is 9.85. The molecule has 0 radical (unpaired) electrons. The molecular weight excluding hydrogens is 208 g/mol. The minimum Gasteiger partial charge on any atom is -0.395 e. The number of hydrazine groups is 1. The first-order valence-corrected chi connectivity index (χ1v) is 5.73. The Morgan fingerprint density at radius 2 is 1.94 bits per heavy atom. The van der Waals surface area contributed by atoms with Gasteiger partial charge in [-0.25, -0.2) is 5.84 Å². The predicted molar refractivity (Wildman–Crippen MR) is 61.5 cm³/mol. The third-order valence-corrected chi connectivity index (χ3v) is 3.00. The van der Waals surface area contributed by atoms with Gasteiger partial charge in [0.1, 0.15) is 0 Å². The average Bonchev–Trinajstić information content (AvgIpc) is 2.31. The maximum atomic E-state index is 11.2. The number of rotatable bonds is 5. The fraction of sp³-hybridized carbons (Fsp3) is 0.900. The van der Waals surface area contributed by atoms with Gasteiger partial charge in [0.05, 0.1) is 6.61 Å². The molecule has 16 heavy (non-hydrogen) atoms. The van der Waals surface area contributed by atoms with Crippen LogP contribution in [0.5, 0.6) is 0 Å². The number of nitrogens with two attached hydrogens (primary N) is 1. The summed E-state index contributed by atoms with van der Waals surface area (Å²) in [5, 5.41) is 8.81. The molecule has 0 aromatic heterocycles. The minimum atomic E-state index is -0.113. The van der Waals surface area contributed by atoms with Crippen LogP contribution in [0.25, 0.3) is 0 Å². The Morgan fingerprint density at radius 1 is 1.38 bits per heavy atom. The van der Waals surface area contributed by atoms with Gasteiger partial charge in [-0.2, -0.15) is 0 Å². The second-order valence-electron chi connectivity index (χ2n) is 4.28. The molecule has 1 unspecified atom stereocenters. The van der Waals surface area contributed by atoms with Crippen molar-refractivity contribution in [1.82, 2.24) is 15.2 Å². The number of aliphatic hydroxyl groups excluding tert-OH is 1. The molecule has 1 amide bonds. The highest BCUT2D eigenvalue weighted by Gasteiger charge is 2.20. The molecular formula is C10H22N4O2. The molecule has 0 aromatic carbocycles. The van der Waals surface area contributed by atoms with E-state index in [0.717, 1.165) is 39.3 Å². The lowest BCUT2D eigenvalue weighted by molar-refractivity contribution is -0.125. The summed E-state index contributed by atoms with van der Waals surface area (Å²) < 4.78 is 0. The van der Waals surface area contributed by atoms with Crippen molar-refractivity contribution in [3.05, 3.63) is 0 Å². The fourth-order valence-electron chi connectivity index (χ4n) is 1.95. The van der Waals surface area contributed by atoms with Crippen LogP contribution in [0, 0.1) is 5.92 Å². The van der Waals surface area contributed by atoms with Crippen LogP contribution >= 0.6 is 0 Å². The Kier molecular flexibility index (Phi) is 5.68. The predicted octanol–water partition coefficient (Wildman–Crippen LogP) is -1.78. The fourth-order valence-corrected chi connectivity index (χ4v) is 1.95. The first-order chi connectivity index (χ1) is 7.67. The van der Waals surface area contributed by atoms with Crippen LogP contribution in [0.4, 0.5) is 0 Å². The van der Waals surface area contributed by atoms with Crippen LogP contribution in [0.1, 0.15) is 6.92 Å². The standard InChI is InChI=1S/C10H22N4O2/c1-9(10(16)12-11)8-14-4-2-13(3-5-14)6-7-15/h9,15H,2-8,11H2,1H3,(H,12,16). The maximum absolute atomic E-state index is 11.2. The molecule has 0 bridgehead atoms. The molecule has 1 heterocycles. The molecule has 1 aliphatic rings. The number of nitrogens with one attached hydrogen (secondary N) is 1. The van der Waals surface area contributed by atoms with E-state index in [1.807, 2.05) is 6.92 Å². The van der Waals surface area contributed by atoms with E-state index in [9.17, 15) is 4.79 Å². The van der Waals surface area contributed by atoms with Gasteiger partial charge in [0.25, 0.3) is 0 Å². The van der Waals surface area contributed by atoms with Crippen LogP contribution in [-0.2, 0) is 4.79 Å². The van der Waals surface area contributed by atoms with E-state index in [4.69, 9.17) is 10.9 Å². The number of aliphatic hydroxyl groups is 1. The van der Waals surface area contributed by atoms with E-state index in [0.29, 0.717) is 0 Å². The van der Waals surface area contributed by atoms with Crippen molar-refractivity contribution in [1.29, 1.82) is 0 Å². The normalized spacial score (nSPS) is 20.7. The summed E-state index contributed by atoms with van der Waals surface area (Å²) in [5.74, 6) is 4.90. The molecule has 0 aliphatic carbocycles. The highest BCUT2D eigenvalue weighted by molar-refractivity contribution is 5.77. The van der Waals surface area contributed by atoms with E-state index in [2.05, 4.69) is 15.2 Å². The Hall–Kier alpha value is -0.690. The second-order valence-corrected chi connectivity index (χ2v) is 4.28. The quantitative estimate of drug-likeness (QED) is 0.296. The Morgan fingerprint density at radius 3 is 2.44 bits per heavy atom. The van der Waals surface area contributed by atoms with Gasteiger partial charge < -0.3 is 10.0 Å². The van der Waals surface area contributed by atoms with Crippen LogP contribution in [-0.4, -0.2) is 66.7 Å². The molecule has 1 atom stereocenters. The molecule has 0 aromatic rings. The number of hydrogen-bond donors (Lipinski definition) is 3. The van der Waals surface area contributed by atoms with Crippen LogP contribution in [0.2, 0.25) is 0 Å². The lowest BCUT2D eigenvalue weighted by Crippen LogP contribution is -2.49. The average molecular weight is 230 g/mol. The lowest BCUT2D eigenvalue weighted by atomic mass is 10.1. The van der Waals surface area contributed by atoms with Gasteiger partial charge >= 0.3 is 0 Å². The van der Waals surface area contributed by atoms with Crippen molar-refractivity contribution in [2.45, 2.75) is 6.92 Å². The van der Waals surface area contributed by atoms with Gasteiger partial charge in [0, 0.05) is 45.2 Å². The van der Waals surface area contributed by atoms with Gasteiger partial charge in [-0.05, 0) is 0 Å². The number of carbonyl (C=O) groups excluding carboxylic acids is 1. The second kappa shape index (κ2) is 6.80. The summed E-state index contributed by atoms with van der Waals surface area (Å²) in [5.41, 5.74) is 2.17. The van der Waals surface area contributed by atoms with Crippen LogP contribution < -0.4 is 11.3 Å². The van der Waals surface area contributed by atoms with E-state index in [1.54, 1.807) is 0 Å². The molecule has 6 heteroatoms. The molecule has 6 nitrogen and oxygen atoms in total. The number of amides is 1. The van der Waals surface area contributed by atoms with Crippen LogP contribution in [0.3, 0.4) is 0 Å². The summed E-state index contributed by atoms with van der Waals surface area (Å²) in [6.07, 6.45) is 0. The van der Waals surface area contributed by atoms with Crippen molar-refractivity contribution in [3.63, 3.8) is 0 Å². The van der Waals surface area contributed by atoms with Crippen molar-refractivity contribution in [3.8, 4) is 0 Å². The van der Waals surface area contributed by atoms with E-state index >= 15 is 0 Å². The zero-order valence-electron chi connectivity index (χ0n) is 9.85. The molecule has 0 saturated carbocycles. The van der Waals surface area contributed by atoms with E-state index in [-0.39, 0.29) is 18.4 Å². The topological polar surface area (TPSA) is 81.8 Å². The Labute approximate surface area is 96.4 Å². The Balaban J connectivity index is 2.24. The molecule has 1 saturated heterocycles. The third-order valence-electron chi connectivity index (χ3n) is 3.00. The molecule has 94 valence electrons. The molecule has 1 aliphatic heterocycles. The first kappa shape index (κ1) is 13.4. The monoisotopic (exact) mass is 230 g/mol. The highest BCUT2D eigenvalue weighted by atomic mass is 16.3. The van der Waals surface area contributed by atoms with Crippen LogP contribution in [0.15, 0.2) is 0 Å². The molecule has 0 spiro atoms. The van der Waals surface area contributed by atoms with Crippen molar-refractivity contribution >= 4 is 5.91 Å². The lowest BCUT2D eigenvalue weighted by Gasteiger charge is -2.35. The van der Waals surface area contributed by atoms with Crippen molar-refractivity contribution in [2.24, 2.45) is 11.8 Å². The van der Waals surface area contributed by atoms with Crippen molar-refractivity contribution in [2.75, 3.05) is 45.9 Å². The smallest absolute Gasteiger partial charge is 0.237 e. The highest BCUT2D eigenvalue weighted by Crippen LogP contribution is 2.05. The molecule has 1 rings (SSSR count). The van der Waals surface area contributed by atoms with Gasteiger partial charge in [-0.1, -0.05) is 6.92 Å². The summed E-state index contributed by atoms with van der Waals surface area (Å²) in [4.78, 5) is 15.7. The van der Waals surface area contributed by atoms with Gasteiger partial charge in [0.15, 0.2) is 0 Å². The van der Waals surface area contributed by atoms with Crippen molar-refractivity contribution < 1.29 is 9.90 Å². The Bertz CT molecular complexity index is 217. The summed E-state index contributed by atoms with van der Waals surface area (Å²) >= 11 is 0. The van der Waals surface area contributed by atoms with Gasteiger partial charge in [-0.15, -0.1) is 0 Å². The number of hydrogen-bond acceptors (Lipinski definition) is 5. The zero-order chi connectivity index (χ0) is 12.0. The molecule has 4 N–H and O–H groups in total. The summed E-state index contributed by atoms with van der Waals surface area (Å²) in [6.45, 7) is 7.39. The van der Waals surface area contributed by atoms with E-state index in [1.165, 1.54) is 0 Å². The number of β-amino-alcohol motifs (C(OH)–C–C–N with tert-alkyl or cyclic N) is 1. The summed E-state index contributed by atoms with van der Waals surface area (Å²) in [6, 6.07) is 0. The summed E-state index contributed by atoms with van der Waals surface area (Å²) in [7, 11) is 0. The first-order valence-electron chi connectivity index (χ1n) is 5.73. The van der Waals surface area contributed by atoms with Gasteiger partial charge in [0.2, 0.25) is 5.91 Å². The molecule has 1 fully saturated rings. The number of carbonyl (C=O) groups is 1. The van der Waals surface area contributed by atoms with Gasteiger partial charge in [-0.3, -0.25) is 15.1 Å².